The van der Waals surface area contributed by atoms with Crippen LogP contribution < -0.4 is 0 Å². The molecule has 94 valence electrons. The fraction of sp³-hybridized carbons (Fsp3) is 0.750. The minimum Gasteiger partial charge on any atom is -0.481 e. The number of aliphatic carboxylic acids is 1. The van der Waals surface area contributed by atoms with Crippen LogP contribution in [0.25, 0.3) is 0 Å². The Balaban J connectivity index is 3.04. The summed E-state index contributed by atoms with van der Waals surface area (Å²) in [5, 5.41) is 8.39. The Morgan fingerprint density at radius 2 is 1.44 bits per heavy atom. The van der Waals surface area contributed by atoms with Gasteiger partial charge in [-0.2, -0.15) is 8.78 Å². The SMILES string of the molecule is O=C(O)CCCCCCCCCC=C(F)F. The van der Waals surface area contributed by atoms with E-state index >= 15 is 0 Å². The van der Waals surface area contributed by atoms with Crippen molar-refractivity contribution in [3.8, 4) is 0 Å². The van der Waals surface area contributed by atoms with Gasteiger partial charge >= 0.3 is 5.97 Å². The van der Waals surface area contributed by atoms with Gasteiger partial charge in [0.25, 0.3) is 6.08 Å². The summed E-state index contributed by atoms with van der Waals surface area (Å²) >= 11 is 0. The Hall–Kier alpha value is -0.930. The van der Waals surface area contributed by atoms with Gasteiger partial charge in [0.1, 0.15) is 0 Å². The second-order valence-corrected chi connectivity index (χ2v) is 3.90. The summed E-state index contributed by atoms with van der Waals surface area (Å²) in [6.07, 6.45) is 6.73. The van der Waals surface area contributed by atoms with Gasteiger partial charge in [0.15, 0.2) is 0 Å². The topological polar surface area (TPSA) is 37.3 Å². The lowest BCUT2D eigenvalue weighted by Crippen LogP contribution is -1.93. The minimum atomic E-state index is -1.59. The summed E-state index contributed by atoms with van der Waals surface area (Å²) in [4.78, 5) is 10.2. The van der Waals surface area contributed by atoms with Gasteiger partial charge in [-0.25, -0.2) is 0 Å². The fourth-order valence-corrected chi connectivity index (χ4v) is 1.52. The molecular weight excluding hydrogens is 214 g/mol. The third-order valence-corrected chi connectivity index (χ3v) is 2.39. The van der Waals surface area contributed by atoms with Crippen LogP contribution in [0.4, 0.5) is 8.78 Å². The average molecular weight is 234 g/mol. The van der Waals surface area contributed by atoms with Crippen molar-refractivity contribution in [3.05, 3.63) is 12.2 Å². The van der Waals surface area contributed by atoms with Crippen LogP contribution in [0.15, 0.2) is 12.2 Å². The molecule has 0 aromatic heterocycles. The van der Waals surface area contributed by atoms with Crippen LogP contribution in [0.5, 0.6) is 0 Å². The number of halogens is 2. The molecule has 0 fully saturated rings. The summed E-state index contributed by atoms with van der Waals surface area (Å²) in [5.74, 6) is -0.736. The molecule has 0 atom stereocenters. The van der Waals surface area contributed by atoms with Gasteiger partial charge in [0, 0.05) is 6.42 Å². The first-order chi connectivity index (χ1) is 7.63. The van der Waals surface area contributed by atoms with Crippen LogP contribution >= 0.6 is 0 Å². The van der Waals surface area contributed by atoms with E-state index in [1.54, 1.807) is 0 Å². The van der Waals surface area contributed by atoms with E-state index in [1.165, 1.54) is 0 Å². The van der Waals surface area contributed by atoms with Crippen molar-refractivity contribution < 1.29 is 18.7 Å². The van der Waals surface area contributed by atoms with Crippen LogP contribution in [0.2, 0.25) is 0 Å². The summed E-state index contributed by atoms with van der Waals surface area (Å²) in [7, 11) is 0. The van der Waals surface area contributed by atoms with Gasteiger partial charge in [0.2, 0.25) is 0 Å². The van der Waals surface area contributed by atoms with Crippen molar-refractivity contribution >= 4 is 5.97 Å². The van der Waals surface area contributed by atoms with Crippen LogP contribution in [-0.2, 0) is 4.79 Å². The van der Waals surface area contributed by atoms with Crippen molar-refractivity contribution in [3.63, 3.8) is 0 Å². The molecule has 2 nitrogen and oxygen atoms in total. The minimum absolute atomic E-state index is 0.251. The molecule has 4 heteroatoms. The Morgan fingerprint density at radius 3 is 1.94 bits per heavy atom. The molecule has 0 spiro atoms. The van der Waals surface area contributed by atoms with Crippen molar-refractivity contribution in [2.24, 2.45) is 0 Å². The predicted octanol–water partition coefficient (Wildman–Crippen LogP) is 4.36. The molecule has 0 heterocycles. The second-order valence-electron chi connectivity index (χ2n) is 3.90. The van der Waals surface area contributed by atoms with Gasteiger partial charge in [-0.05, 0) is 25.3 Å². The highest BCUT2D eigenvalue weighted by Gasteiger charge is 1.96. The zero-order valence-electron chi connectivity index (χ0n) is 9.55. The van der Waals surface area contributed by atoms with Gasteiger partial charge in [-0.1, -0.05) is 32.1 Å². The smallest absolute Gasteiger partial charge is 0.303 e. The maximum atomic E-state index is 11.6. The summed E-state index contributed by atoms with van der Waals surface area (Å²) < 4.78 is 23.3. The highest BCUT2D eigenvalue weighted by atomic mass is 19.3. The van der Waals surface area contributed by atoms with Crippen molar-refractivity contribution in [1.82, 2.24) is 0 Å². The molecule has 0 aliphatic carbocycles. The Morgan fingerprint density at radius 1 is 0.938 bits per heavy atom. The highest BCUT2D eigenvalue weighted by molar-refractivity contribution is 5.66. The van der Waals surface area contributed by atoms with Gasteiger partial charge < -0.3 is 5.11 Å². The first-order valence-corrected chi connectivity index (χ1v) is 5.86. The number of allylic oxidation sites excluding steroid dienone is 1. The molecule has 0 radical (unpaired) electrons. The lowest BCUT2D eigenvalue weighted by Gasteiger charge is -1.99. The summed E-state index contributed by atoms with van der Waals surface area (Å²) in [5.41, 5.74) is 0. The van der Waals surface area contributed by atoms with Crippen LogP contribution in [-0.4, -0.2) is 11.1 Å². The Kier molecular flexibility index (Phi) is 9.97. The van der Waals surface area contributed by atoms with E-state index in [4.69, 9.17) is 5.11 Å². The van der Waals surface area contributed by atoms with Crippen LogP contribution in [0.3, 0.4) is 0 Å². The quantitative estimate of drug-likeness (QED) is 0.570. The maximum Gasteiger partial charge on any atom is 0.303 e. The number of hydrogen-bond acceptors (Lipinski definition) is 1. The molecular formula is C12H20F2O2. The largest absolute Gasteiger partial charge is 0.481 e. The Labute approximate surface area is 95.4 Å². The normalized spacial score (nSPS) is 10.1. The average Bonchev–Trinajstić information content (AvgIpc) is 2.20. The van der Waals surface area contributed by atoms with E-state index in [-0.39, 0.29) is 6.42 Å². The van der Waals surface area contributed by atoms with E-state index in [0.717, 1.165) is 51.0 Å². The van der Waals surface area contributed by atoms with Gasteiger partial charge in [-0.15, -0.1) is 0 Å². The highest BCUT2D eigenvalue weighted by Crippen LogP contribution is 2.11. The van der Waals surface area contributed by atoms with Crippen LogP contribution in [0.1, 0.15) is 57.8 Å². The van der Waals surface area contributed by atoms with E-state index < -0.39 is 12.0 Å². The molecule has 16 heavy (non-hydrogen) atoms. The first-order valence-electron chi connectivity index (χ1n) is 5.86. The van der Waals surface area contributed by atoms with E-state index in [9.17, 15) is 13.6 Å². The zero-order chi connectivity index (χ0) is 12.2. The number of carboxylic acids is 1. The predicted molar refractivity (Wildman–Crippen MR) is 59.5 cm³/mol. The summed E-state index contributed by atoms with van der Waals surface area (Å²) in [6, 6.07) is 0. The third kappa shape index (κ3) is 13.1. The number of hydrogen-bond donors (Lipinski definition) is 1. The first kappa shape index (κ1) is 15.1. The molecule has 0 amide bonds. The molecule has 0 aliphatic rings. The van der Waals surface area contributed by atoms with Gasteiger partial charge in [-0.3, -0.25) is 4.79 Å². The number of carbonyl (C=O) groups is 1. The van der Waals surface area contributed by atoms with E-state index in [1.807, 2.05) is 0 Å². The lowest BCUT2D eigenvalue weighted by molar-refractivity contribution is -0.137. The second kappa shape index (κ2) is 10.6. The number of rotatable bonds is 10. The molecule has 0 saturated carbocycles. The van der Waals surface area contributed by atoms with Crippen LogP contribution in [0, 0.1) is 0 Å². The fourth-order valence-electron chi connectivity index (χ4n) is 1.52. The monoisotopic (exact) mass is 234 g/mol. The standard InChI is InChI=1S/C12H20F2O2/c13-11(14)9-7-5-3-1-2-4-6-8-10-12(15)16/h9H,1-8,10H2,(H,15,16). The maximum absolute atomic E-state index is 11.6. The van der Waals surface area contributed by atoms with Gasteiger partial charge in [0.05, 0.1) is 0 Å². The zero-order valence-corrected chi connectivity index (χ0v) is 9.55. The molecule has 1 N–H and O–H groups in total. The van der Waals surface area contributed by atoms with E-state index in [0.29, 0.717) is 6.42 Å². The van der Waals surface area contributed by atoms with Crippen molar-refractivity contribution in [2.75, 3.05) is 0 Å². The molecule has 0 aromatic rings. The van der Waals surface area contributed by atoms with E-state index in [2.05, 4.69) is 0 Å². The Bertz CT molecular complexity index is 211. The van der Waals surface area contributed by atoms with Crippen molar-refractivity contribution in [1.29, 1.82) is 0 Å². The molecule has 0 unspecified atom stereocenters. The molecule has 0 rings (SSSR count). The summed E-state index contributed by atoms with van der Waals surface area (Å²) in [6.45, 7) is 0. The molecule has 0 aliphatic heterocycles. The molecule has 0 aromatic carbocycles. The number of unbranched alkanes of at least 4 members (excludes halogenated alkanes) is 7. The lowest BCUT2D eigenvalue weighted by atomic mass is 10.1. The number of carboxylic acid groups (broad SMARTS) is 1. The van der Waals surface area contributed by atoms with Crippen molar-refractivity contribution in [2.45, 2.75) is 57.8 Å². The molecule has 0 bridgehead atoms. The third-order valence-electron chi connectivity index (χ3n) is 2.39. The molecule has 0 saturated heterocycles.